The molecule has 0 aliphatic heterocycles. The molecule has 2 aromatic heterocycles. The monoisotopic (exact) mass is 420 g/mol. The minimum absolute atomic E-state index is 0.00257. The third-order valence-corrected chi connectivity index (χ3v) is 4.69. The standard InChI is InChI=1S/C23H20N2O6/c1-29-12-15-11-17(27)21(28)22(31-15)20-19(13-6-4-3-5-7-13)24-23(25-20)14-8-9-16(26)18(10-14)30-2/h3-11,26,28H,12H2,1-2H3,(H,24,25). The lowest BCUT2D eigenvalue weighted by molar-refractivity contribution is 0.162. The molecule has 2 heterocycles. The molecule has 4 aromatic rings. The number of phenolic OH excluding ortho intramolecular Hbond substituents is 1. The first-order chi connectivity index (χ1) is 15.0. The first-order valence-corrected chi connectivity index (χ1v) is 9.40. The number of benzene rings is 2. The molecule has 0 saturated heterocycles. The number of ether oxygens (including phenoxy) is 2. The van der Waals surface area contributed by atoms with Crippen LogP contribution in [0.2, 0.25) is 0 Å². The number of phenols is 1. The van der Waals surface area contributed by atoms with Crippen molar-refractivity contribution in [2.75, 3.05) is 14.2 Å². The van der Waals surface area contributed by atoms with E-state index in [2.05, 4.69) is 9.97 Å². The minimum Gasteiger partial charge on any atom is -0.504 e. The molecule has 0 aliphatic carbocycles. The second-order valence-corrected chi connectivity index (χ2v) is 6.75. The van der Waals surface area contributed by atoms with Crippen molar-refractivity contribution in [3.63, 3.8) is 0 Å². The Bertz CT molecular complexity index is 1280. The van der Waals surface area contributed by atoms with Crippen LogP contribution in [-0.2, 0) is 11.3 Å². The van der Waals surface area contributed by atoms with E-state index in [0.29, 0.717) is 22.8 Å². The number of rotatable bonds is 6. The molecule has 0 bridgehead atoms. The summed E-state index contributed by atoms with van der Waals surface area (Å²) in [5.41, 5.74) is 1.61. The van der Waals surface area contributed by atoms with Crippen molar-refractivity contribution < 1.29 is 24.1 Å². The second-order valence-electron chi connectivity index (χ2n) is 6.75. The zero-order valence-corrected chi connectivity index (χ0v) is 16.9. The quantitative estimate of drug-likeness (QED) is 0.432. The normalized spacial score (nSPS) is 10.9. The van der Waals surface area contributed by atoms with Gasteiger partial charge in [0, 0.05) is 24.3 Å². The summed E-state index contributed by atoms with van der Waals surface area (Å²) < 4.78 is 16.0. The maximum Gasteiger partial charge on any atom is 0.227 e. The molecule has 0 saturated carbocycles. The van der Waals surface area contributed by atoms with Crippen LogP contribution in [0.3, 0.4) is 0 Å². The molecular formula is C23H20N2O6. The second kappa shape index (κ2) is 8.37. The number of H-pyrrole nitrogens is 1. The van der Waals surface area contributed by atoms with Gasteiger partial charge in [0.15, 0.2) is 17.3 Å². The van der Waals surface area contributed by atoms with Gasteiger partial charge in [0.1, 0.15) is 29.6 Å². The van der Waals surface area contributed by atoms with Crippen molar-refractivity contribution >= 4 is 0 Å². The SMILES string of the molecule is COCc1cc(=O)c(O)c(-c2[nH]c(-c3ccc(O)c(OC)c3)nc2-c2ccccc2)o1. The first kappa shape index (κ1) is 20.2. The van der Waals surface area contributed by atoms with Crippen LogP contribution in [0.1, 0.15) is 5.76 Å². The predicted molar refractivity (Wildman–Crippen MR) is 114 cm³/mol. The summed E-state index contributed by atoms with van der Waals surface area (Å²) in [5.74, 6) is 0.414. The average Bonchev–Trinajstić information content (AvgIpc) is 3.22. The average molecular weight is 420 g/mol. The Kier molecular flexibility index (Phi) is 5.46. The lowest BCUT2D eigenvalue weighted by Gasteiger charge is -2.07. The molecule has 158 valence electrons. The molecule has 8 heteroatoms. The molecule has 0 atom stereocenters. The van der Waals surface area contributed by atoms with Gasteiger partial charge >= 0.3 is 0 Å². The van der Waals surface area contributed by atoms with Crippen LogP contribution in [0, 0.1) is 0 Å². The molecule has 8 nitrogen and oxygen atoms in total. The Morgan fingerprint density at radius 1 is 1.03 bits per heavy atom. The maximum absolute atomic E-state index is 12.3. The number of aromatic hydroxyl groups is 2. The van der Waals surface area contributed by atoms with Crippen LogP contribution in [-0.4, -0.2) is 34.4 Å². The van der Waals surface area contributed by atoms with Crippen molar-refractivity contribution in [3.8, 4) is 51.3 Å². The van der Waals surface area contributed by atoms with Crippen LogP contribution in [0.5, 0.6) is 17.2 Å². The number of aromatic nitrogens is 2. The van der Waals surface area contributed by atoms with Gasteiger partial charge in [-0.25, -0.2) is 4.98 Å². The fourth-order valence-corrected chi connectivity index (χ4v) is 3.22. The summed E-state index contributed by atoms with van der Waals surface area (Å²) >= 11 is 0. The highest BCUT2D eigenvalue weighted by atomic mass is 16.5. The van der Waals surface area contributed by atoms with E-state index in [0.717, 1.165) is 5.56 Å². The summed E-state index contributed by atoms with van der Waals surface area (Å²) in [5, 5.41) is 20.4. The van der Waals surface area contributed by atoms with Gasteiger partial charge in [0.2, 0.25) is 11.2 Å². The van der Waals surface area contributed by atoms with Crippen molar-refractivity contribution in [2.45, 2.75) is 6.61 Å². The summed E-state index contributed by atoms with van der Waals surface area (Å²) in [4.78, 5) is 20.1. The number of hydrogen-bond acceptors (Lipinski definition) is 7. The Balaban J connectivity index is 1.95. The molecule has 31 heavy (non-hydrogen) atoms. The Morgan fingerprint density at radius 3 is 2.52 bits per heavy atom. The third-order valence-electron chi connectivity index (χ3n) is 4.69. The molecule has 0 fully saturated rings. The summed E-state index contributed by atoms with van der Waals surface area (Å²) in [6.07, 6.45) is 0. The van der Waals surface area contributed by atoms with Crippen molar-refractivity contribution in [1.82, 2.24) is 9.97 Å². The lowest BCUT2D eigenvalue weighted by Crippen LogP contribution is -2.04. The van der Waals surface area contributed by atoms with Gasteiger partial charge in [-0.15, -0.1) is 0 Å². The topological polar surface area (TPSA) is 118 Å². The van der Waals surface area contributed by atoms with E-state index in [-0.39, 0.29) is 29.6 Å². The molecule has 0 radical (unpaired) electrons. The number of methoxy groups -OCH3 is 2. The molecule has 3 N–H and O–H groups in total. The van der Waals surface area contributed by atoms with E-state index in [4.69, 9.17) is 13.9 Å². The van der Waals surface area contributed by atoms with Gasteiger partial charge in [-0.2, -0.15) is 0 Å². The number of hydrogen-bond donors (Lipinski definition) is 3. The van der Waals surface area contributed by atoms with Crippen LogP contribution < -0.4 is 10.2 Å². The number of aromatic amines is 1. The van der Waals surface area contributed by atoms with Crippen LogP contribution in [0.15, 0.2) is 63.8 Å². The van der Waals surface area contributed by atoms with Crippen molar-refractivity contribution in [3.05, 3.63) is 70.6 Å². The smallest absolute Gasteiger partial charge is 0.227 e. The molecule has 4 rings (SSSR count). The van der Waals surface area contributed by atoms with Crippen molar-refractivity contribution in [1.29, 1.82) is 0 Å². The number of nitrogens with zero attached hydrogens (tertiary/aromatic N) is 1. The van der Waals surface area contributed by atoms with Gasteiger partial charge in [0.25, 0.3) is 0 Å². The van der Waals surface area contributed by atoms with E-state index >= 15 is 0 Å². The van der Waals surface area contributed by atoms with E-state index in [9.17, 15) is 15.0 Å². The molecule has 0 spiro atoms. The molecule has 0 aliphatic rings. The predicted octanol–water partition coefficient (Wildman–Crippen LogP) is 3.93. The van der Waals surface area contributed by atoms with E-state index in [1.54, 1.807) is 12.1 Å². The highest BCUT2D eigenvalue weighted by Gasteiger charge is 2.22. The maximum atomic E-state index is 12.3. The van der Waals surface area contributed by atoms with Crippen LogP contribution in [0.25, 0.3) is 34.1 Å². The Labute approximate surface area is 177 Å². The van der Waals surface area contributed by atoms with E-state index in [1.807, 2.05) is 30.3 Å². The summed E-state index contributed by atoms with van der Waals surface area (Å²) in [6.45, 7) is 0.0688. The van der Waals surface area contributed by atoms with Gasteiger partial charge in [-0.1, -0.05) is 30.3 Å². The Morgan fingerprint density at radius 2 is 1.81 bits per heavy atom. The highest BCUT2D eigenvalue weighted by Crippen LogP contribution is 2.38. The number of nitrogens with one attached hydrogen (secondary N) is 1. The zero-order valence-electron chi connectivity index (χ0n) is 16.9. The van der Waals surface area contributed by atoms with Gasteiger partial charge in [-0.3, -0.25) is 4.79 Å². The Hall–Kier alpha value is -4.04. The highest BCUT2D eigenvalue weighted by molar-refractivity contribution is 5.81. The molecule has 2 aromatic carbocycles. The summed E-state index contributed by atoms with van der Waals surface area (Å²) in [7, 11) is 2.93. The molecule has 0 unspecified atom stereocenters. The minimum atomic E-state index is -0.588. The fourth-order valence-electron chi connectivity index (χ4n) is 3.22. The van der Waals surface area contributed by atoms with E-state index in [1.165, 1.54) is 26.4 Å². The lowest BCUT2D eigenvalue weighted by atomic mass is 10.1. The van der Waals surface area contributed by atoms with Gasteiger partial charge in [0.05, 0.1) is 7.11 Å². The zero-order chi connectivity index (χ0) is 22.0. The molecule has 0 amide bonds. The fraction of sp³-hybridized carbons (Fsp3) is 0.130. The summed E-state index contributed by atoms with van der Waals surface area (Å²) in [6, 6.07) is 15.3. The van der Waals surface area contributed by atoms with Gasteiger partial charge in [-0.05, 0) is 18.2 Å². The van der Waals surface area contributed by atoms with Crippen molar-refractivity contribution in [2.24, 2.45) is 0 Å². The largest absolute Gasteiger partial charge is 0.504 e. The third kappa shape index (κ3) is 3.88. The van der Waals surface area contributed by atoms with Crippen LogP contribution >= 0.6 is 0 Å². The molecular weight excluding hydrogens is 400 g/mol. The van der Waals surface area contributed by atoms with Crippen LogP contribution in [0.4, 0.5) is 0 Å². The first-order valence-electron chi connectivity index (χ1n) is 9.40. The number of imidazole rings is 1. The van der Waals surface area contributed by atoms with E-state index < -0.39 is 11.2 Å². The van der Waals surface area contributed by atoms with Gasteiger partial charge < -0.3 is 29.1 Å².